The third-order valence-corrected chi connectivity index (χ3v) is 2.82. The minimum absolute atomic E-state index is 0.228. The number of anilines is 1. The average molecular weight is 285 g/mol. The molecule has 0 fully saturated rings. The van der Waals surface area contributed by atoms with E-state index in [1.54, 1.807) is 30.5 Å². The van der Waals surface area contributed by atoms with Crippen molar-refractivity contribution in [3.05, 3.63) is 72.3 Å². The van der Waals surface area contributed by atoms with E-state index in [-0.39, 0.29) is 11.7 Å². The summed E-state index contributed by atoms with van der Waals surface area (Å²) in [6.45, 7) is 4.55. The molecule has 0 atom stereocenters. The fourth-order valence-corrected chi connectivity index (χ4v) is 1.74. The van der Waals surface area contributed by atoms with Crippen molar-refractivity contribution in [2.45, 2.75) is 6.54 Å². The first-order valence-electron chi connectivity index (χ1n) is 6.51. The van der Waals surface area contributed by atoms with E-state index in [9.17, 15) is 9.18 Å². The summed E-state index contributed by atoms with van der Waals surface area (Å²) in [5.74, 6) is -0.524. The van der Waals surface area contributed by atoms with Crippen molar-refractivity contribution in [2.24, 2.45) is 0 Å². The van der Waals surface area contributed by atoms with Crippen molar-refractivity contribution < 1.29 is 9.18 Å². The van der Waals surface area contributed by atoms with Gasteiger partial charge in [0.2, 0.25) is 0 Å². The van der Waals surface area contributed by atoms with E-state index in [0.29, 0.717) is 18.7 Å². The number of nitrogens with one attached hydrogen (secondary N) is 2. The number of benzene rings is 1. The van der Waals surface area contributed by atoms with Gasteiger partial charge in [0, 0.05) is 25.5 Å². The van der Waals surface area contributed by atoms with Crippen molar-refractivity contribution in [1.82, 2.24) is 10.3 Å². The smallest absolute Gasteiger partial charge is 0.253 e. The van der Waals surface area contributed by atoms with Crippen molar-refractivity contribution in [3.8, 4) is 0 Å². The van der Waals surface area contributed by atoms with E-state index in [1.165, 1.54) is 18.3 Å². The average Bonchev–Trinajstić information content (AvgIpc) is 2.52. The molecule has 0 spiro atoms. The van der Waals surface area contributed by atoms with E-state index < -0.39 is 0 Å². The maximum Gasteiger partial charge on any atom is 0.253 e. The van der Waals surface area contributed by atoms with Gasteiger partial charge in [0.1, 0.15) is 5.82 Å². The van der Waals surface area contributed by atoms with Crippen LogP contribution in [-0.4, -0.2) is 17.4 Å². The Hall–Kier alpha value is -2.69. The third kappa shape index (κ3) is 4.42. The molecule has 4 nitrogen and oxygen atoms in total. The number of carbonyl (C=O) groups is 1. The molecule has 0 radical (unpaired) electrons. The first-order chi connectivity index (χ1) is 10.2. The third-order valence-electron chi connectivity index (χ3n) is 2.82. The molecule has 1 aromatic carbocycles. The Bertz CT molecular complexity index is 626. The summed E-state index contributed by atoms with van der Waals surface area (Å²) < 4.78 is 12.8. The van der Waals surface area contributed by atoms with Crippen LogP contribution >= 0.6 is 0 Å². The molecule has 108 valence electrons. The number of rotatable bonds is 6. The van der Waals surface area contributed by atoms with Crippen LogP contribution in [0.25, 0.3) is 0 Å². The SMILES string of the molecule is C=CCNc1cncc(C(=O)NCc2ccc(F)cc2)c1. The summed E-state index contributed by atoms with van der Waals surface area (Å²) in [6.07, 6.45) is 4.86. The first kappa shape index (κ1) is 14.7. The summed E-state index contributed by atoms with van der Waals surface area (Å²) in [6, 6.07) is 7.72. The fourth-order valence-electron chi connectivity index (χ4n) is 1.74. The zero-order valence-electron chi connectivity index (χ0n) is 11.5. The van der Waals surface area contributed by atoms with Crippen LogP contribution in [-0.2, 0) is 6.54 Å². The van der Waals surface area contributed by atoms with Gasteiger partial charge in [-0.05, 0) is 23.8 Å². The Morgan fingerprint density at radius 3 is 2.76 bits per heavy atom. The molecule has 21 heavy (non-hydrogen) atoms. The summed E-state index contributed by atoms with van der Waals surface area (Å²) in [7, 11) is 0. The summed E-state index contributed by atoms with van der Waals surface area (Å²) in [5.41, 5.74) is 2.05. The minimum atomic E-state index is -0.296. The van der Waals surface area contributed by atoms with E-state index >= 15 is 0 Å². The van der Waals surface area contributed by atoms with Gasteiger partial charge in [-0.2, -0.15) is 0 Å². The largest absolute Gasteiger partial charge is 0.380 e. The number of hydrogen-bond donors (Lipinski definition) is 2. The second-order valence-electron chi connectivity index (χ2n) is 4.44. The molecule has 0 aliphatic rings. The fraction of sp³-hybridized carbons (Fsp3) is 0.125. The van der Waals surface area contributed by atoms with Crippen LogP contribution in [0, 0.1) is 5.82 Å². The number of nitrogens with zero attached hydrogens (tertiary/aromatic N) is 1. The van der Waals surface area contributed by atoms with Gasteiger partial charge in [0.25, 0.3) is 5.91 Å². The number of amides is 1. The zero-order valence-corrected chi connectivity index (χ0v) is 11.5. The van der Waals surface area contributed by atoms with E-state index in [2.05, 4.69) is 22.2 Å². The molecule has 0 aliphatic carbocycles. The molecule has 0 saturated heterocycles. The maximum absolute atomic E-state index is 12.8. The Kier molecular flexibility index (Phi) is 5.04. The Morgan fingerprint density at radius 1 is 1.29 bits per heavy atom. The highest BCUT2D eigenvalue weighted by Crippen LogP contribution is 2.09. The molecule has 2 rings (SSSR count). The highest BCUT2D eigenvalue weighted by atomic mass is 19.1. The van der Waals surface area contributed by atoms with Crippen molar-refractivity contribution in [1.29, 1.82) is 0 Å². The van der Waals surface area contributed by atoms with Gasteiger partial charge >= 0.3 is 0 Å². The quantitative estimate of drug-likeness (QED) is 0.802. The van der Waals surface area contributed by atoms with Gasteiger partial charge in [-0.1, -0.05) is 18.2 Å². The lowest BCUT2D eigenvalue weighted by Gasteiger charge is -2.07. The number of aromatic nitrogens is 1. The Balaban J connectivity index is 1.96. The molecule has 0 saturated carbocycles. The lowest BCUT2D eigenvalue weighted by molar-refractivity contribution is 0.0950. The normalized spacial score (nSPS) is 9.95. The summed E-state index contributed by atoms with van der Waals surface area (Å²) >= 11 is 0. The molecular formula is C16H16FN3O. The topological polar surface area (TPSA) is 54.0 Å². The molecule has 1 amide bonds. The molecule has 2 aromatic rings. The monoisotopic (exact) mass is 285 g/mol. The second kappa shape index (κ2) is 7.19. The van der Waals surface area contributed by atoms with Crippen molar-refractivity contribution in [3.63, 3.8) is 0 Å². The maximum atomic E-state index is 12.8. The number of pyridine rings is 1. The zero-order chi connectivity index (χ0) is 15.1. The molecule has 0 unspecified atom stereocenters. The van der Waals surface area contributed by atoms with Crippen LogP contribution in [0.4, 0.5) is 10.1 Å². The molecule has 1 aromatic heterocycles. The van der Waals surface area contributed by atoms with Crippen LogP contribution in [0.3, 0.4) is 0 Å². The molecular weight excluding hydrogens is 269 g/mol. The van der Waals surface area contributed by atoms with Crippen LogP contribution in [0.15, 0.2) is 55.4 Å². The highest BCUT2D eigenvalue weighted by Gasteiger charge is 2.06. The van der Waals surface area contributed by atoms with Crippen LogP contribution in [0.2, 0.25) is 0 Å². The number of halogens is 1. The van der Waals surface area contributed by atoms with Crippen LogP contribution < -0.4 is 10.6 Å². The van der Waals surface area contributed by atoms with Gasteiger partial charge in [0.05, 0.1) is 11.3 Å². The highest BCUT2D eigenvalue weighted by molar-refractivity contribution is 5.94. The number of carbonyl (C=O) groups excluding carboxylic acids is 1. The Labute approximate surface area is 122 Å². The Morgan fingerprint density at radius 2 is 2.05 bits per heavy atom. The van der Waals surface area contributed by atoms with Gasteiger partial charge in [-0.15, -0.1) is 6.58 Å². The van der Waals surface area contributed by atoms with Crippen LogP contribution in [0.5, 0.6) is 0 Å². The minimum Gasteiger partial charge on any atom is -0.380 e. The second-order valence-corrected chi connectivity index (χ2v) is 4.44. The van der Waals surface area contributed by atoms with Gasteiger partial charge in [-0.3, -0.25) is 9.78 Å². The van der Waals surface area contributed by atoms with Crippen molar-refractivity contribution in [2.75, 3.05) is 11.9 Å². The molecule has 2 N–H and O–H groups in total. The van der Waals surface area contributed by atoms with Crippen LogP contribution in [0.1, 0.15) is 15.9 Å². The van der Waals surface area contributed by atoms with Gasteiger partial charge in [0.15, 0.2) is 0 Å². The first-order valence-corrected chi connectivity index (χ1v) is 6.51. The van der Waals surface area contributed by atoms with E-state index in [0.717, 1.165) is 11.3 Å². The van der Waals surface area contributed by atoms with Gasteiger partial charge < -0.3 is 10.6 Å². The lowest BCUT2D eigenvalue weighted by Crippen LogP contribution is -2.23. The molecule has 5 heteroatoms. The summed E-state index contributed by atoms with van der Waals surface area (Å²) in [4.78, 5) is 16.1. The standard InChI is InChI=1S/C16H16FN3O/c1-2-7-19-15-8-13(10-18-11-15)16(21)20-9-12-3-5-14(17)6-4-12/h2-6,8,10-11,19H,1,7,9H2,(H,20,21). The van der Waals surface area contributed by atoms with E-state index in [4.69, 9.17) is 0 Å². The predicted octanol–water partition coefficient (Wildman–Crippen LogP) is 2.75. The molecule has 1 heterocycles. The van der Waals surface area contributed by atoms with E-state index in [1.807, 2.05) is 0 Å². The van der Waals surface area contributed by atoms with Gasteiger partial charge in [-0.25, -0.2) is 4.39 Å². The van der Waals surface area contributed by atoms with Crippen molar-refractivity contribution >= 4 is 11.6 Å². The lowest BCUT2D eigenvalue weighted by atomic mass is 10.2. The molecule has 0 bridgehead atoms. The summed E-state index contributed by atoms with van der Waals surface area (Å²) in [5, 5.41) is 5.84. The number of hydrogen-bond acceptors (Lipinski definition) is 3. The predicted molar refractivity (Wildman–Crippen MR) is 80.5 cm³/mol. The molecule has 0 aliphatic heterocycles.